The van der Waals surface area contributed by atoms with Crippen molar-refractivity contribution in [2.45, 2.75) is 17.7 Å². The van der Waals surface area contributed by atoms with Gasteiger partial charge in [0.15, 0.2) is 0 Å². The van der Waals surface area contributed by atoms with E-state index >= 15 is 0 Å². The van der Waals surface area contributed by atoms with Crippen LogP contribution >= 0.6 is 0 Å². The summed E-state index contributed by atoms with van der Waals surface area (Å²) in [6, 6.07) is 5.43. The molecule has 2 rings (SSSR count). The molecule has 0 saturated carbocycles. The van der Waals surface area contributed by atoms with Crippen molar-refractivity contribution in [3.63, 3.8) is 0 Å². The highest BCUT2D eigenvalue weighted by Crippen LogP contribution is 2.17. The minimum absolute atomic E-state index is 0.279. The molecule has 0 aromatic heterocycles. The van der Waals surface area contributed by atoms with Gasteiger partial charge < -0.3 is 4.90 Å². The standard InChI is InChI=1S/C13H19FN2O2S/c1-16-8-4-5-11(10-16)9-15-19(17,18)13-7-3-2-6-12(13)14/h2-3,6-7,11,15H,4-5,8-10H2,1H3. The molecule has 4 nitrogen and oxygen atoms in total. The molecule has 0 radical (unpaired) electrons. The fourth-order valence-electron chi connectivity index (χ4n) is 2.41. The summed E-state index contributed by atoms with van der Waals surface area (Å²) in [5.74, 6) is -0.420. The van der Waals surface area contributed by atoms with Crippen LogP contribution in [-0.4, -0.2) is 40.0 Å². The van der Waals surface area contributed by atoms with Crippen LogP contribution in [0.25, 0.3) is 0 Å². The Morgan fingerprint density at radius 1 is 1.42 bits per heavy atom. The molecule has 1 saturated heterocycles. The second-order valence-corrected chi connectivity index (χ2v) is 6.79. The first-order valence-corrected chi connectivity index (χ1v) is 7.90. The molecule has 1 unspecified atom stereocenters. The Morgan fingerprint density at radius 2 is 2.16 bits per heavy atom. The molecule has 1 atom stereocenters. The molecule has 1 aromatic rings. The average Bonchev–Trinajstić information content (AvgIpc) is 2.37. The maximum absolute atomic E-state index is 13.5. The predicted molar refractivity (Wildman–Crippen MR) is 71.8 cm³/mol. The molecule has 1 fully saturated rings. The predicted octanol–water partition coefficient (Wildman–Crippen LogP) is 1.45. The Balaban J connectivity index is 2.00. The number of benzene rings is 1. The topological polar surface area (TPSA) is 49.4 Å². The largest absolute Gasteiger partial charge is 0.306 e. The van der Waals surface area contributed by atoms with E-state index in [1.807, 2.05) is 7.05 Å². The zero-order chi connectivity index (χ0) is 13.9. The van der Waals surface area contributed by atoms with Crippen LogP contribution in [0.1, 0.15) is 12.8 Å². The van der Waals surface area contributed by atoms with Gasteiger partial charge in [0.25, 0.3) is 0 Å². The lowest BCUT2D eigenvalue weighted by atomic mass is 9.99. The molecular weight excluding hydrogens is 267 g/mol. The summed E-state index contributed by atoms with van der Waals surface area (Å²) in [6.07, 6.45) is 2.08. The molecular formula is C13H19FN2O2S. The highest BCUT2D eigenvalue weighted by Gasteiger charge is 2.22. The van der Waals surface area contributed by atoms with Gasteiger partial charge in [-0.15, -0.1) is 0 Å². The first-order chi connectivity index (χ1) is 8.99. The molecule has 1 aliphatic heterocycles. The summed E-state index contributed by atoms with van der Waals surface area (Å²) in [5, 5.41) is 0. The smallest absolute Gasteiger partial charge is 0.243 e. The van der Waals surface area contributed by atoms with Gasteiger partial charge in [-0.05, 0) is 44.5 Å². The number of hydrogen-bond acceptors (Lipinski definition) is 3. The van der Waals surface area contributed by atoms with Gasteiger partial charge in [-0.1, -0.05) is 12.1 Å². The van der Waals surface area contributed by atoms with Crippen molar-refractivity contribution in [1.29, 1.82) is 0 Å². The molecule has 6 heteroatoms. The van der Waals surface area contributed by atoms with Gasteiger partial charge in [0.1, 0.15) is 10.7 Å². The van der Waals surface area contributed by atoms with E-state index in [1.54, 1.807) is 0 Å². The second-order valence-electron chi connectivity index (χ2n) is 5.05. The fraction of sp³-hybridized carbons (Fsp3) is 0.538. The van der Waals surface area contributed by atoms with E-state index in [2.05, 4.69) is 9.62 Å². The molecule has 19 heavy (non-hydrogen) atoms. The van der Waals surface area contributed by atoms with Crippen molar-refractivity contribution < 1.29 is 12.8 Å². The molecule has 0 amide bonds. The number of likely N-dealkylation sites (tertiary alicyclic amines) is 1. The maximum Gasteiger partial charge on any atom is 0.243 e. The molecule has 1 N–H and O–H groups in total. The second kappa shape index (κ2) is 5.98. The van der Waals surface area contributed by atoms with E-state index in [1.165, 1.54) is 18.2 Å². The molecule has 0 bridgehead atoms. The molecule has 1 aromatic carbocycles. The average molecular weight is 286 g/mol. The summed E-state index contributed by atoms with van der Waals surface area (Å²) in [7, 11) is -1.73. The van der Waals surface area contributed by atoms with E-state index < -0.39 is 15.8 Å². The number of piperidine rings is 1. The van der Waals surface area contributed by atoms with Crippen molar-refractivity contribution >= 4 is 10.0 Å². The van der Waals surface area contributed by atoms with E-state index in [0.29, 0.717) is 12.5 Å². The summed E-state index contributed by atoms with van der Waals surface area (Å²) in [6.45, 7) is 2.29. The first-order valence-electron chi connectivity index (χ1n) is 6.42. The van der Waals surface area contributed by atoms with Crippen LogP contribution in [0.2, 0.25) is 0 Å². The van der Waals surface area contributed by atoms with Crippen molar-refractivity contribution in [2.24, 2.45) is 5.92 Å². The van der Waals surface area contributed by atoms with Gasteiger partial charge >= 0.3 is 0 Å². The Hall–Kier alpha value is -0.980. The quantitative estimate of drug-likeness (QED) is 0.911. The van der Waals surface area contributed by atoms with Crippen LogP contribution in [0.3, 0.4) is 0 Å². The van der Waals surface area contributed by atoms with Crippen LogP contribution in [0.5, 0.6) is 0 Å². The van der Waals surface area contributed by atoms with Gasteiger partial charge in [0, 0.05) is 13.1 Å². The molecule has 0 spiro atoms. The van der Waals surface area contributed by atoms with Gasteiger partial charge in [-0.3, -0.25) is 0 Å². The number of rotatable bonds is 4. The summed E-state index contributed by atoms with van der Waals surface area (Å²) in [5.41, 5.74) is 0. The van der Waals surface area contributed by atoms with E-state index in [-0.39, 0.29) is 4.90 Å². The Labute approximate surface area is 113 Å². The Kier molecular flexibility index (Phi) is 4.54. The van der Waals surface area contributed by atoms with Crippen LogP contribution < -0.4 is 4.72 Å². The van der Waals surface area contributed by atoms with Crippen molar-refractivity contribution in [3.05, 3.63) is 30.1 Å². The Bertz CT molecular complexity index is 533. The summed E-state index contributed by atoms with van der Waals surface area (Å²) < 4.78 is 40.0. The van der Waals surface area contributed by atoms with Crippen molar-refractivity contribution in [2.75, 3.05) is 26.7 Å². The SMILES string of the molecule is CN1CCCC(CNS(=O)(=O)c2ccccc2F)C1. The van der Waals surface area contributed by atoms with Crippen LogP contribution in [-0.2, 0) is 10.0 Å². The minimum atomic E-state index is -3.75. The van der Waals surface area contributed by atoms with Gasteiger partial charge in [0.05, 0.1) is 0 Å². The van der Waals surface area contributed by atoms with Gasteiger partial charge in [-0.25, -0.2) is 17.5 Å². The third-order valence-corrected chi connectivity index (χ3v) is 4.87. The van der Waals surface area contributed by atoms with Crippen LogP contribution in [0.15, 0.2) is 29.2 Å². The zero-order valence-corrected chi connectivity index (χ0v) is 11.8. The van der Waals surface area contributed by atoms with Crippen molar-refractivity contribution in [3.8, 4) is 0 Å². The fourth-order valence-corrected chi connectivity index (χ4v) is 3.60. The molecule has 0 aliphatic carbocycles. The highest BCUT2D eigenvalue weighted by molar-refractivity contribution is 7.89. The zero-order valence-electron chi connectivity index (χ0n) is 11.0. The summed E-state index contributed by atoms with van der Waals surface area (Å²) in [4.78, 5) is 1.91. The number of nitrogens with one attached hydrogen (secondary N) is 1. The number of halogens is 1. The minimum Gasteiger partial charge on any atom is -0.306 e. The van der Waals surface area contributed by atoms with Gasteiger partial charge in [-0.2, -0.15) is 0 Å². The normalized spacial score (nSPS) is 21.5. The summed E-state index contributed by atoms with van der Waals surface area (Å²) >= 11 is 0. The first kappa shape index (κ1) is 14.4. The lowest BCUT2D eigenvalue weighted by molar-refractivity contribution is 0.211. The third-order valence-electron chi connectivity index (χ3n) is 3.41. The monoisotopic (exact) mass is 286 g/mol. The van der Waals surface area contributed by atoms with Crippen LogP contribution in [0, 0.1) is 11.7 Å². The third kappa shape index (κ3) is 3.75. The van der Waals surface area contributed by atoms with E-state index in [4.69, 9.17) is 0 Å². The van der Waals surface area contributed by atoms with Gasteiger partial charge in [0.2, 0.25) is 10.0 Å². The maximum atomic E-state index is 13.5. The van der Waals surface area contributed by atoms with Crippen LogP contribution in [0.4, 0.5) is 4.39 Å². The van der Waals surface area contributed by atoms with E-state index in [0.717, 1.165) is 32.0 Å². The van der Waals surface area contributed by atoms with Crippen molar-refractivity contribution in [1.82, 2.24) is 9.62 Å². The molecule has 1 heterocycles. The lowest BCUT2D eigenvalue weighted by Gasteiger charge is -2.29. The lowest BCUT2D eigenvalue weighted by Crippen LogP contribution is -2.39. The van der Waals surface area contributed by atoms with E-state index in [9.17, 15) is 12.8 Å². The molecule has 106 valence electrons. The number of nitrogens with zero attached hydrogens (tertiary/aromatic N) is 1. The number of hydrogen-bond donors (Lipinski definition) is 1. The molecule has 1 aliphatic rings. The number of sulfonamides is 1. The Morgan fingerprint density at radius 3 is 2.84 bits per heavy atom. The highest BCUT2D eigenvalue weighted by atomic mass is 32.2.